The summed E-state index contributed by atoms with van der Waals surface area (Å²) in [6, 6.07) is 7.58. The fourth-order valence-corrected chi connectivity index (χ4v) is 3.17. The van der Waals surface area contributed by atoms with E-state index in [4.69, 9.17) is 9.31 Å². The van der Waals surface area contributed by atoms with Crippen LogP contribution in [0, 0.1) is 6.92 Å². The Bertz CT molecular complexity index is 755. The number of aryl methyl sites for hydroxylation is 1. The highest BCUT2D eigenvalue weighted by Crippen LogP contribution is 2.39. The van der Waals surface area contributed by atoms with Crippen LogP contribution in [0.1, 0.15) is 38.3 Å². The van der Waals surface area contributed by atoms with Crippen LogP contribution in [-0.2, 0) is 9.31 Å². The molecule has 0 amide bonds. The first kappa shape index (κ1) is 17.3. The summed E-state index contributed by atoms with van der Waals surface area (Å²) in [5.74, 6) is 0. The van der Waals surface area contributed by atoms with Gasteiger partial charge < -0.3 is 9.31 Å². The third kappa shape index (κ3) is 3.29. The average Bonchev–Trinajstić information content (AvgIpc) is 3.02. The second-order valence-electron chi connectivity index (χ2n) is 6.88. The standard InChI is InChI=1S/C17H20BFN2O2S/c1-11-6-8-13(21-20-11)14-9-7-12(24-14)10-15(19)18-22-16(2,3)17(4,5)23-18/h6-10H,1-5H3. The molecule has 0 atom stereocenters. The molecule has 1 aliphatic heterocycles. The van der Waals surface area contributed by atoms with Gasteiger partial charge in [-0.05, 0) is 65.0 Å². The van der Waals surface area contributed by atoms with Crippen molar-refractivity contribution in [2.75, 3.05) is 0 Å². The largest absolute Gasteiger partial charge is 0.525 e. The molecule has 7 heteroatoms. The molecule has 0 aromatic carbocycles. The van der Waals surface area contributed by atoms with Crippen LogP contribution >= 0.6 is 11.3 Å². The lowest BCUT2D eigenvalue weighted by atomic mass is 9.87. The molecule has 0 N–H and O–H groups in total. The zero-order valence-corrected chi connectivity index (χ0v) is 15.3. The normalized spacial score (nSPS) is 19.8. The van der Waals surface area contributed by atoms with E-state index in [1.54, 1.807) is 0 Å². The minimum atomic E-state index is -0.972. The lowest BCUT2D eigenvalue weighted by Gasteiger charge is -2.32. The molecule has 0 saturated carbocycles. The Balaban J connectivity index is 1.79. The van der Waals surface area contributed by atoms with Gasteiger partial charge in [0.25, 0.3) is 0 Å². The summed E-state index contributed by atoms with van der Waals surface area (Å²) in [5.41, 5.74) is 0.0996. The van der Waals surface area contributed by atoms with Crippen LogP contribution < -0.4 is 0 Å². The van der Waals surface area contributed by atoms with Gasteiger partial charge in [0, 0.05) is 4.88 Å². The molecule has 1 fully saturated rings. The van der Waals surface area contributed by atoms with Crippen LogP contribution in [0.2, 0.25) is 0 Å². The van der Waals surface area contributed by atoms with E-state index in [2.05, 4.69) is 10.2 Å². The molecule has 0 radical (unpaired) electrons. The van der Waals surface area contributed by atoms with E-state index in [0.717, 1.165) is 21.1 Å². The minimum Gasteiger partial charge on any atom is -0.398 e. The van der Waals surface area contributed by atoms with Gasteiger partial charge >= 0.3 is 7.12 Å². The van der Waals surface area contributed by atoms with E-state index < -0.39 is 24.0 Å². The van der Waals surface area contributed by atoms with Crippen LogP contribution in [0.25, 0.3) is 16.6 Å². The first-order valence-electron chi connectivity index (χ1n) is 7.81. The fraction of sp³-hybridized carbons (Fsp3) is 0.412. The van der Waals surface area contributed by atoms with Gasteiger partial charge in [-0.1, -0.05) is 0 Å². The van der Waals surface area contributed by atoms with Gasteiger partial charge in [0.05, 0.1) is 21.8 Å². The predicted octanol–water partition coefficient (Wildman–Crippen LogP) is 4.46. The van der Waals surface area contributed by atoms with Crippen molar-refractivity contribution in [2.24, 2.45) is 0 Å². The molecule has 126 valence electrons. The van der Waals surface area contributed by atoms with Gasteiger partial charge in [-0.15, -0.1) is 16.4 Å². The summed E-state index contributed by atoms with van der Waals surface area (Å²) in [4.78, 5) is 1.72. The summed E-state index contributed by atoms with van der Waals surface area (Å²) in [6.45, 7) is 9.50. The minimum absolute atomic E-state index is 0.433. The van der Waals surface area contributed by atoms with Crippen molar-refractivity contribution in [3.05, 3.63) is 40.6 Å². The topological polar surface area (TPSA) is 44.2 Å². The van der Waals surface area contributed by atoms with Crippen molar-refractivity contribution < 1.29 is 13.7 Å². The zero-order chi connectivity index (χ0) is 17.5. The lowest BCUT2D eigenvalue weighted by molar-refractivity contribution is 0.00578. The maximum Gasteiger partial charge on any atom is 0.525 e. The predicted molar refractivity (Wildman–Crippen MR) is 95.2 cm³/mol. The lowest BCUT2D eigenvalue weighted by Crippen LogP contribution is -2.41. The highest BCUT2D eigenvalue weighted by Gasteiger charge is 2.53. The Morgan fingerprint density at radius 2 is 1.75 bits per heavy atom. The molecule has 2 aromatic rings. The number of thiophene rings is 1. The third-order valence-corrected chi connectivity index (χ3v) is 5.49. The number of hydrogen-bond acceptors (Lipinski definition) is 5. The molecule has 3 heterocycles. The fourth-order valence-electron chi connectivity index (χ4n) is 2.26. The van der Waals surface area contributed by atoms with Gasteiger partial charge in [0.1, 0.15) is 11.4 Å². The van der Waals surface area contributed by atoms with Crippen LogP contribution in [0.5, 0.6) is 0 Å². The second-order valence-corrected chi connectivity index (χ2v) is 7.99. The SMILES string of the molecule is Cc1ccc(-c2ccc(C=C(F)B3OC(C)(C)C(C)(C)O3)s2)nn1. The molecule has 2 aromatic heterocycles. The molecule has 4 nitrogen and oxygen atoms in total. The van der Waals surface area contributed by atoms with Crippen LogP contribution in [0.15, 0.2) is 30.0 Å². The van der Waals surface area contributed by atoms with Crippen LogP contribution in [0.4, 0.5) is 4.39 Å². The van der Waals surface area contributed by atoms with Crippen molar-refractivity contribution in [3.8, 4) is 10.6 Å². The molecule has 0 aliphatic carbocycles. The van der Waals surface area contributed by atoms with Crippen molar-refractivity contribution >= 4 is 24.5 Å². The summed E-state index contributed by atoms with van der Waals surface area (Å²) in [5, 5.41) is 8.20. The van der Waals surface area contributed by atoms with Gasteiger partial charge in [-0.2, -0.15) is 5.10 Å². The van der Waals surface area contributed by atoms with Gasteiger partial charge in [-0.3, -0.25) is 0 Å². The molecule has 0 spiro atoms. The van der Waals surface area contributed by atoms with Crippen molar-refractivity contribution in [1.29, 1.82) is 0 Å². The summed E-state index contributed by atoms with van der Waals surface area (Å²) >= 11 is 1.45. The summed E-state index contributed by atoms with van der Waals surface area (Å²) in [7, 11) is -0.972. The molecular weight excluding hydrogens is 326 g/mol. The van der Waals surface area contributed by atoms with Crippen molar-refractivity contribution in [1.82, 2.24) is 10.2 Å². The Morgan fingerprint density at radius 1 is 1.08 bits per heavy atom. The molecule has 0 unspecified atom stereocenters. The summed E-state index contributed by atoms with van der Waals surface area (Å²) < 4.78 is 26.0. The molecule has 0 bridgehead atoms. The van der Waals surface area contributed by atoms with Gasteiger partial charge in [-0.25, -0.2) is 4.39 Å². The van der Waals surface area contributed by atoms with Crippen LogP contribution in [0.3, 0.4) is 0 Å². The molecule has 3 rings (SSSR count). The molecule has 1 aliphatic rings. The van der Waals surface area contributed by atoms with Gasteiger partial charge in [0.15, 0.2) is 0 Å². The summed E-state index contributed by atoms with van der Waals surface area (Å²) in [6.07, 6.45) is 1.46. The quantitative estimate of drug-likeness (QED) is 0.770. The first-order valence-corrected chi connectivity index (χ1v) is 8.63. The first-order chi connectivity index (χ1) is 11.2. The van der Waals surface area contributed by atoms with E-state index in [0.29, 0.717) is 0 Å². The second kappa shape index (κ2) is 6.06. The highest BCUT2D eigenvalue weighted by atomic mass is 32.1. The number of hydrogen-bond donors (Lipinski definition) is 0. The molecular formula is C17H20BFN2O2S. The Kier molecular flexibility index (Phi) is 4.36. The molecule has 24 heavy (non-hydrogen) atoms. The number of rotatable bonds is 3. The van der Waals surface area contributed by atoms with E-state index in [-0.39, 0.29) is 0 Å². The Labute approximate surface area is 145 Å². The van der Waals surface area contributed by atoms with Gasteiger partial charge in [0.2, 0.25) is 0 Å². The smallest absolute Gasteiger partial charge is 0.398 e. The monoisotopic (exact) mass is 346 g/mol. The van der Waals surface area contributed by atoms with E-state index in [1.807, 2.05) is 58.9 Å². The Hall–Kier alpha value is -1.57. The maximum absolute atomic E-state index is 14.5. The molecule has 1 saturated heterocycles. The highest BCUT2D eigenvalue weighted by molar-refractivity contribution is 7.16. The van der Waals surface area contributed by atoms with E-state index in [1.165, 1.54) is 17.4 Å². The van der Waals surface area contributed by atoms with E-state index in [9.17, 15) is 4.39 Å². The third-order valence-electron chi connectivity index (χ3n) is 4.44. The maximum atomic E-state index is 14.5. The zero-order valence-electron chi connectivity index (χ0n) is 14.5. The number of aromatic nitrogens is 2. The van der Waals surface area contributed by atoms with E-state index >= 15 is 0 Å². The number of halogens is 1. The van der Waals surface area contributed by atoms with Crippen molar-refractivity contribution in [2.45, 2.75) is 45.8 Å². The van der Waals surface area contributed by atoms with Crippen molar-refractivity contribution in [3.63, 3.8) is 0 Å². The van der Waals surface area contributed by atoms with Crippen LogP contribution in [-0.4, -0.2) is 28.5 Å². The Morgan fingerprint density at radius 3 is 2.33 bits per heavy atom. The number of nitrogens with zero attached hydrogens (tertiary/aromatic N) is 2. The average molecular weight is 346 g/mol.